The first-order chi connectivity index (χ1) is 16.4. The summed E-state index contributed by atoms with van der Waals surface area (Å²) in [5.74, 6) is -0.138. The maximum Gasteiger partial charge on any atom is 0.409 e. The molecular weight excluding hydrogens is 438 g/mol. The van der Waals surface area contributed by atoms with Crippen molar-refractivity contribution in [1.29, 1.82) is 0 Å². The molecule has 1 aromatic heterocycles. The van der Waals surface area contributed by atoms with Crippen LogP contribution in [0.2, 0.25) is 0 Å². The summed E-state index contributed by atoms with van der Waals surface area (Å²) in [6, 6.07) is 9.18. The zero-order chi connectivity index (χ0) is 24.5. The fraction of sp³-hybridized carbons (Fsp3) is 0.583. The molecule has 0 aliphatic carbocycles. The number of amides is 2. The van der Waals surface area contributed by atoms with Gasteiger partial charge in [-0.3, -0.25) is 9.48 Å². The molecule has 2 bridgehead atoms. The number of carbonyl (C=O) groups excluding carboxylic acids is 2. The standard InChI is InChI=1S/C24H35N5O5.H2/c1-18-12-29(19(2)15-30)23(31)10-7-11-28-13-21(25-26-28)17-33-22(18)14-27(3)24(32)34-16-20-8-5-4-6-9-20;/h4-6,8-9,13,18-19,22,30H,7,10-12,14-17H2,1-3H3;1H/t18-,19-,22-;/m0./s1. The second kappa shape index (κ2) is 12.5. The molecule has 188 valence electrons. The maximum atomic E-state index is 12.9. The highest BCUT2D eigenvalue weighted by Gasteiger charge is 2.29. The molecule has 10 heteroatoms. The number of aliphatic hydroxyl groups excluding tert-OH is 1. The highest BCUT2D eigenvalue weighted by Crippen LogP contribution is 2.18. The van der Waals surface area contributed by atoms with Crippen LogP contribution in [-0.4, -0.2) is 80.8 Å². The Morgan fingerprint density at radius 2 is 2.15 bits per heavy atom. The Kier molecular flexibility index (Phi) is 9.41. The molecule has 0 unspecified atom stereocenters. The quantitative estimate of drug-likeness (QED) is 0.683. The Balaban J connectivity index is 0.00000432. The Morgan fingerprint density at radius 3 is 2.88 bits per heavy atom. The number of carbonyl (C=O) groups is 2. The van der Waals surface area contributed by atoms with Crippen molar-refractivity contribution in [3.63, 3.8) is 0 Å². The molecule has 3 atom stereocenters. The van der Waals surface area contributed by atoms with Crippen LogP contribution < -0.4 is 0 Å². The van der Waals surface area contributed by atoms with E-state index < -0.39 is 6.09 Å². The fourth-order valence-electron chi connectivity index (χ4n) is 3.87. The molecule has 2 heterocycles. The lowest BCUT2D eigenvalue weighted by Crippen LogP contribution is -2.47. The Bertz CT molecular complexity index is 928. The van der Waals surface area contributed by atoms with Crippen LogP contribution in [0.15, 0.2) is 36.5 Å². The molecule has 34 heavy (non-hydrogen) atoms. The molecule has 10 nitrogen and oxygen atoms in total. The molecular formula is C24H37N5O5. The van der Waals surface area contributed by atoms with Crippen molar-refractivity contribution in [1.82, 2.24) is 24.8 Å². The largest absolute Gasteiger partial charge is 0.445 e. The highest BCUT2D eigenvalue weighted by molar-refractivity contribution is 5.76. The SMILES string of the molecule is C[C@H]1CN([C@@H](C)CO)C(=O)CCCn2cc(nn2)CO[C@H]1CN(C)C(=O)OCc1ccccc1.[HH]. The molecule has 2 amide bonds. The normalized spacial score (nSPS) is 20.6. The summed E-state index contributed by atoms with van der Waals surface area (Å²) in [4.78, 5) is 28.7. The van der Waals surface area contributed by atoms with Crippen molar-refractivity contribution in [2.45, 2.75) is 58.6 Å². The highest BCUT2D eigenvalue weighted by atomic mass is 16.6. The first-order valence-corrected chi connectivity index (χ1v) is 11.7. The number of benzene rings is 1. The molecule has 2 aromatic rings. The van der Waals surface area contributed by atoms with E-state index in [1.807, 2.05) is 50.4 Å². The van der Waals surface area contributed by atoms with E-state index in [0.29, 0.717) is 31.6 Å². The second-order valence-corrected chi connectivity index (χ2v) is 8.90. The van der Waals surface area contributed by atoms with Crippen LogP contribution in [-0.2, 0) is 34.0 Å². The van der Waals surface area contributed by atoms with Gasteiger partial charge < -0.3 is 24.4 Å². The van der Waals surface area contributed by atoms with Crippen molar-refractivity contribution in [3.05, 3.63) is 47.8 Å². The van der Waals surface area contributed by atoms with Crippen molar-refractivity contribution in [2.24, 2.45) is 5.92 Å². The molecule has 3 rings (SSSR count). The molecule has 0 saturated carbocycles. The lowest BCUT2D eigenvalue weighted by atomic mass is 10.0. The van der Waals surface area contributed by atoms with Gasteiger partial charge in [-0.25, -0.2) is 4.79 Å². The number of aliphatic hydroxyl groups is 1. The summed E-state index contributed by atoms with van der Waals surface area (Å²) in [5, 5.41) is 18.0. The predicted octanol–water partition coefficient (Wildman–Crippen LogP) is 2.32. The van der Waals surface area contributed by atoms with Crippen LogP contribution in [0.4, 0.5) is 4.79 Å². The molecule has 0 fully saturated rings. The number of nitrogens with zero attached hydrogens (tertiary/aromatic N) is 5. The summed E-state index contributed by atoms with van der Waals surface area (Å²) >= 11 is 0. The first-order valence-electron chi connectivity index (χ1n) is 11.7. The van der Waals surface area contributed by atoms with E-state index in [1.54, 1.807) is 16.6 Å². The molecule has 0 radical (unpaired) electrons. The third-order valence-corrected chi connectivity index (χ3v) is 6.02. The van der Waals surface area contributed by atoms with Gasteiger partial charge in [0.1, 0.15) is 12.3 Å². The first kappa shape index (κ1) is 25.6. The molecule has 0 saturated heterocycles. The molecule has 1 aliphatic heterocycles. The molecule has 1 aromatic carbocycles. The van der Waals surface area contributed by atoms with Gasteiger partial charge in [-0.15, -0.1) is 5.10 Å². The number of aromatic nitrogens is 3. The van der Waals surface area contributed by atoms with Gasteiger partial charge in [0, 0.05) is 33.9 Å². The topological polar surface area (TPSA) is 110 Å². The summed E-state index contributed by atoms with van der Waals surface area (Å²) in [7, 11) is 1.67. The number of ether oxygens (including phenoxy) is 2. The van der Waals surface area contributed by atoms with Crippen LogP contribution in [0.25, 0.3) is 0 Å². The third-order valence-electron chi connectivity index (χ3n) is 6.02. The molecule has 1 N–H and O–H groups in total. The number of likely N-dealkylation sites (N-methyl/N-ethyl adjacent to an activating group) is 1. The second-order valence-electron chi connectivity index (χ2n) is 8.90. The van der Waals surface area contributed by atoms with Gasteiger partial charge in [0.25, 0.3) is 0 Å². The third kappa shape index (κ3) is 7.26. The lowest BCUT2D eigenvalue weighted by molar-refractivity contribution is -0.136. The number of hydrogen-bond donors (Lipinski definition) is 1. The van der Waals surface area contributed by atoms with Crippen LogP contribution in [0, 0.1) is 5.92 Å². The summed E-state index contributed by atoms with van der Waals surface area (Å²) < 4.78 is 13.3. The smallest absolute Gasteiger partial charge is 0.409 e. The minimum absolute atomic E-state index is 0. The van der Waals surface area contributed by atoms with Gasteiger partial charge in [-0.1, -0.05) is 42.5 Å². The molecule has 0 spiro atoms. The van der Waals surface area contributed by atoms with Gasteiger partial charge >= 0.3 is 6.09 Å². The van der Waals surface area contributed by atoms with Crippen molar-refractivity contribution in [3.8, 4) is 0 Å². The summed E-state index contributed by atoms with van der Waals surface area (Å²) in [6.07, 6.45) is 1.95. The van der Waals surface area contributed by atoms with Gasteiger partial charge in [0.05, 0.1) is 38.1 Å². The average Bonchev–Trinajstić information content (AvgIpc) is 3.30. The van der Waals surface area contributed by atoms with E-state index in [9.17, 15) is 14.7 Å². The minimum Gasteiger partial charge on any atom is -0.445 e. The van der Waals surface area contributed by atoms with E-state index in [0.717, 1.165) is 5.56 Å². The van der Waals surface area contributed by atoms with E-state index in [4.69, 9.17) is 9.47 Å². The van der Waals surface area contributed by atoms with Gasteiger partial charge in [-0.05, 0) is 18.9 Å². The zero-order valence-corrected chi connectivity index (χ0v) is 20.2. The van der Waals surface area contributed by atoms with E-state index in [1.165, 1.54) is 4.90 Å². The number of aryl methyl sites for hydroxylation is 1. The van der Waals surface area contributed by atoms with Crippen LogP contribution in [0.1, 0.15) is 39.4 Å². The van der Waals surface area contributed by atoms with E-state index in [2.05, 4.69) is 10.3 Å². The minimum atomic E-state index is -0.454. The molecule has 1 aliphatic rings. The average molecular weight is 476 g/mol. The van der Waals surface area contributed by atoms with Gasteiger partial charge in [0.2, 0.25) is 5.91 Å². The summed E-state index contributed by atoms with van der Waals surface area (Å²) in [5.41, 5.74) is 1.60. The van der Waals surface area contributed by atoms with Crippen LogP contribution in [0.5, 0.6) is 0 Å². The van der Waals surface area contributed by atoms with Gasteiger partial charge in [0.15, 0.2) is 0 Å². The maximum absolute atomic E-state index is 12.9. The van der Waals surface area contributed by atoms with Crippen molar-refractivity contribution >= 4 is 12.0 Å². The van der Waals surface area contributed by atoms with Crippen molar-refractivity contribution < 1.29 is 25.6 Å². The fourth-order valence-corrected chi connectivity index (χ4v) is 3.87. The van der Waals surface area contributed by atoms with Crippen molar-refractivity contribution in [2.75, 3.05) is 26.7 Å². The predicted molar refractivity (Wildman–Crippen MR) is 127 cm³/mol. The lowest BCUT2D eigenvalue weighted by Gasteiger charge is -2.35. The Labute approximate surface area is 201 Å². The number of hydrogen-bond acceptors (Lipinski definition) is 7. The monoisotopic (exact) mass is 475 g/mol. The van der Waals surface area contributed by atoms with Crippen LogP contribution in [0.3, 0.4) is 0 Å². The zero-order valence-electron chi connectivity index (χ0n) is 20.2. The Hall–Kier alpha value is -2.98. The summed E-state index contributed by atoms with van der Waals surface area (Å²) in [6.45, 7) is 5.37. The van der Waals surface area contributed by atoms with Crippen LogP contribution >= 0.6 is 0 Å². The van der Waals surface area contributed by atoms with E-state index in [-0.39, 0.29) is 51.8 Å². The Morgan fingerprint density at radius 1 is 1.38 bits per heavy atom. The van der Waals surface area contributed by atoms with Gasteiger partial charge in [-0.2, -0.15) is 0 Å². The van der Waals surface area contributed by atoms with E-state index >= 15 is 0 Å². The number of rotatable bonds is 6. The number of fused-ring (bicyclic) bond motifs is 2.